The van der Waals surface area contributed by atoms with Crippen LogP contribution in [0.25, 0.3) is 22.4 Å². The van der Waals surface area contributed by atoms with Gasteiger partial charge in [0.25, 0.3) is 5.56 Å². The van der Waals surface area contributed by atoms with Crippen LogP contribution in [-0.4, -0.2) is 26.8 Å². The summed E-state index contributed by atoms with van der Waals surface area (Å²) in [7, 11) is 0. The number of rotatable bonds is 5. The molecule has 0 fully saturated rings. The highest BCUT2D eigenvalue weighted by molar-refractivity contribution is 5.75. The molecule has 0 spiro atoms. The number of nitriles is 1. The van der Waals surface area contributed by atoms with E-state index in [4.69, 9.17) is 4.74 Å². The molecule has 0 bridgehead atoms. The summed E-state index contributed by atoms with van der Waals surface area (Å²) < 4.78 is 5.69. The molecule has 0 saturated heterocycles. The van der Waals surface area contributed by atoms with Gasteiger partial charge in [0.2, 0.25) is 0 Å². The van der Waals surface area contributed by atoms with Gasteiger partial charge in [-0.2, -0.15) is 5.26 Å². The molecule has 0 unspecified atom stereocenters. The van der Waals surface area contributed by atoms with Crippen LogP contribution < -0.4 is 10.3 Å². The smallest absolute Gasteiger partial charge is 0.275 e. The fourth-order valence-corrected chi connectivity index (χ4v) is 2.25. The number of aromatic amines is 2. The number of benzene rings is 1. The molecule has 0 radical (unpaired) electrons. The monoisotopic (exact) mass is 323 g/mol. The molecule has 3 rings (SSSR count). The van der Waals surface area contributed by atoms with Gasteiger partial charge in [0.15, 0.2) is 11.5 Å². The molecule has 0 aliphatic heterocycles. The molecule has 7 heteroatoms. The van der Waals surface area contributed by atoms with E-state index in [0.29, 0.717) is 46.3 Å². The Morgan fingerprint density at radius 2 is 2.17 bits per heavy atom. The van der Waals surface area contributed by atoms with Crippen LogP contribution in [-0.2, 0) is 0 Å². The van der Waals surface area contributed by atoms with Crippen molar-refractivity contribution < 1.29 is 4.74 Å². The lowest BCUT2D eigenvalue weighted by Gasteiger charge is -2.10. The first kappa shape index (κ1) is 15.7. The Hall–Kier alpha value is -3.14. The minimum absolute atomic E-state index is 0.261. The molecule has 0 aliphatic carbocycles. The molecule has 2 aromatic heterocycles. The van der Waals surface area contributed by atoms with Crippen molar-refractivity contribution in [1.29, 1.82) is 5.26 Å². The van der Waals surface area contributed by atoms with E-state index in [2.05, 4.69) is 40.1 Å². The highest BCUT2D eigenvalue weighted by Crippen LogP contribution is 2.25. The quantitative estimate of drug-likeness (QED) is 0.750. The third-order valence-corrected chi connectivity index (χ3v) is 3.64. The Kier molecular flexibility index (Phi) is 4.29. The van der Waals surface area contributed by atoms with Crippen molar-refractivity contribution >= 4 is 11.0 Å². The summed E-state index contributed by atoms with van der Waals surface area (Å²) in [5.74, 6) is 1.53. The highest BCUT2D eigenvalue weighted by atomic mass is 16.5. The van der Waals surface area contributed by atoms with Gasteiger partial charge in [-0.15, -0.1) is 0 Å². The first-order valence-corrected chi connectivity index (χ1v) is 7.69. The molecule has 1 aromatic carbocycles. The lowest BCUT2D eigenvalue weighted by Crippen LogP contribution is -2.03. The number of nitrogens with zero attached hydrogens (tertiary/aromatic N) is 3. The largest absolute Gasteiger partial charge is 0.492 e. The summed E-state index contributed by atoms with van der Waals surface area (Å²) in [5, 5.41) is 14.9. The van der Waals surface area contributed by atoms with Gasteiger partial charge in [-0.3, -0.25) is 15.0 Å². The molecule has 0 atom stereocenters. The Bertz CT molecular complexity index is 965. The predicted octanol–water partition coefficient (Wildman–Crippen LogP) is 2.61. The summed E-state index contributed by atoms with van der Waals surface area (Å²) in [5.41, 5.74) is 1.29. The standard InChI is InChI=1S/C17H17N5O2/c1-10(2)5-6-24-14-4-3-11(7-12(14)8-18)15-19-9-13-16(20-15)21-22-17(13)23/h3-4,7,9-10H,5-6H2,1-2H3,(H2,19,20,21,22,23). The summed E-state index contributed by atoms with van der Waals surface area (Å²) >= 11 is 0. The zero-order chi connectivity index (χ0) is 17.1. The Labute approximate surface area is 138 Å². The minimum atomic E-state index is -0.261. The van der Waals surface area contributed by atoms with Crippen LogP contribution in [0.2, 0.25) is 0 Å². The highest BCUT2D eigenvalue weighted by Gasteiger charge is 2.11. The normalized spacial score (nSPS) is 10.9. The van der Waals surface area contributed by atoms with Gasteiger partial charge in [-0.05, 0) is 30.5 Å². The molecule has 2 heterocycles. The number of hydrogen-bond acceptors (Lipinski definition) is 5. The summed E-state index contributed by atoms with van der Waals surface area (Å²) in [6, 6.07) is 7.39. The van der Waals surface area contributed by atoms with Crippen molar-refractivity contribution in [3.05, 3.63) is 40.3 Å². The Morgan fingerprint density at radius 1 is 1.33 bits per heavy atom. The van der Waals surface area contributed by atoms with E-state index in [1.807, 2.05) is 0 Å². The molecule has 24 heavy (non-hydrogen) atoms. The predicted molar refractivity (Wildman–Crippen MR) is 89.6 cm³/mol. The zero-order valence-corrected chi connectivity index (χ0v) is 13.5. The van der Waals surface area contributed by atoms with E-state index >= 15 is 0 Å². The molecule has 0 amide bonds. The Morgan fingerprint density at radius 3 is 2.92 bits per heavy atom. The van der Waals surface area contributed by atoms with E-state index < -0.39 is 0 Å². The molecule has 0 aliphatic rings. The van der Waals surface area contributed by atoms with E-state index in [0.717, 1.165) is 6.42 Å². The maximum absolute atomic E-state index is 11.5. The molecule has 3 aromatic rings. The molecule has 7 nitrogen and oxygen atoms in total. The molecule has 2 N–H and O–H groups in total. The van der Waals surface area contributed by atoms with Crippen LogP contribution >= 0.6 is 0 Å². The van der Waals surface area contributed by atoms with Crippen LogP contribution in [0, 0.1) is 17.2 Å². The van der Waals surface area contributed by atoms with Crippen LogP contribution in [0.5, 0.6) is 5.75 Å². The van der Waals surface area contributed by atoms with Crippen LogP contribution in [0.3, 0.4) is 0 Å². The van der Waals surface area contributed by atoms with Crippen molar-refractivity contribution in [2.75, 3.05) is 6.61 Å². The SMILES string of the molecule is CC(C)CCOc1ccc(-c2ncc3c(=O)[nH][nH]c3n2)cc1C#N. The number of nitrogens with one attached hydrogen (secondary N) is 2. The third kappa shape index (κ3) is 3.13. The minimum Gasteiger partial charge on any atom is -0.492 e. The lowest BCUT2D eigenvalue weighted by atomic mass is 10.1. The summed E-state index contributed by atoms with van der Waals surface area (Å²) in [6.07, 6.45) is 2.39. The van der Waals surface area contributed by atoms with Crippen molar-refractivity contribution in [3.63, 3.8) is 0 Å². The average Bonchev–Trinajstić information content (AvgIpc) is 2.95. The molecule has 122 valence electrons. The van der Waals surface area contributed by atoms with Gasteiger partial charge >= 0.3 is 0 Å². The fourth-order valence-electron chi connectivity index (χ4n) is 2.25. The second-order valence-corrected chi connectivity index (χ2v) is 5.89. The van der Waals surface area contributed by atoms with Gasteiger partial charge in [-0.1, -0.05) is 13.8 Å². The second kappa shape index (κ2) is 6.54. The maximum atomic E-state index is 11.5. The number of aromatic nitrogens is 4. The first-order chi connectivity index (χ1) is 11.6. The number of ether oxygens (including phenoxy) is 1. The lowest BCUT2D eigenvalue weighted by molar-refractivity contribution is 0.289. The van der Waals surface area contributed by atoms with E-state index in [1.54, 1.807) is 18.2 Å². The van der Waals surface area contributed by atoms with Crippen LogP contribution in [0.4, 0.5) is 0 Å². The topological polar surface area (TPSA) is 107 Å². The van der Waals surface area contributed by atoms with Crippen molar-refractivity contribution in [1.82, 2.24) is 20.2 Å². The Balaban J connectivity index is 1.90. The van der Waals surface area contributed by atoms with Crippen LogP contribution in [0.1, 0.15) is 25.8 Å². The second-order valence-electron chi connectivity index (χ2n) is 5.89. The van der Waals surface area contributed by atoms with E-state index in [9.17, 15) is 10.1 Å². The average molecular weight is 323 g/mol. The number of hydrogen-bond donors (Lipinski definition) is 2. The molecule has 0 saturated carbocycles. The molecular weight excluding hydrogens is 306 g/mol. The van der Waals surface area contributed by atoms with Crippen molar-refractivity contribution in [2.24, 2.45) is 5.92 Å². The van der Waals surface area contributed by atoms with Crippen molar-refractivity contribution in [3.8, 4) is 23.2 Å². The number of H-pyrrole nitrogens is 2. The zero-order valence-electron chi connectivity index (χ0n) is 13.5. The van der Waals surface area contributed by atoms with Crippen molar-refractivity contribution in [2.45, 2.75) is 20.3 Å². The fraction of sp³-hybridized carbons (Fsp3) is 0.294. The third-order valence-electron chi connectivity index (χ3n) is 3.64. The van der Waals surface area contributed by atoms with E-state index in [1.165, 1.54) is 6.20 Å². The van der Waals surface area contributed by atoms with Crippen LogP contribution in [0.15, 0.2) is 29.2 Å². The summed E-state index contributed by atoms with van der Waals surface area (Å²) in [6.45, 7) is 4.81. The van der Waals surface area contributed by atoms with E-state index in [-0.39, 0.29) is 5.56 Å². The van der Waals surface area contributed by atoms with Gasteiger partial charge in [0.05, 0.1) is 12.2 Å². The maximum Gasteiger partial charge on any atom is 0.275 e. The number of fused-ring (bicyclic) bond motifs is 1. The van der Waals surface area contributed by atoms with Gasteiger partial charge in [0, 0.05) is 11.8 Å². The van der Waals surface area contributed by atoms with Gasteiger partial charge in [-0.25, -0.2) is 9.97 Å². The van der Waals surface area contributed by atoms with Gasteiger partial charge in [0.1, 0.15) is 17.2 Å². The first-order valence-electron chi connectivity index (χ1n) is 7.69. The summed E-state index contributed by atoms with van der Waals surface area (Å²) in [4.78, 5) is 20.0. The molecular formula is C17H17N5O2. The van der Waals surface area contributed by atoms with Gasteiger partial charge < -0.3 is 4.74 Å².